The van der Waals surface area contributed by atoms with Crippen LogP contribution >= 0.6 is 11.8 Å². The van der Waals surface area contributed by atoms with Crippen LogP contribution in [0.15, 0.2) is 192 Å². The Labute approximate surface area is 299 Å². The van der Waals surface area contributed by atoms with Crippen LogP contribution in [-0.2, 0) is 0 Å². The molecule has 1 aromatic heterocycles. The number of hydrogen-bond acceptors (Lipinski definition) is 2. The molecule has 0 atom stereocenters. The van der Waals surface area contributed by atoms with Gasteiger partial charge in [0.25, 0.3) is 0 Å². The lowest BCUT2D eigenvalue weighted by atomic mass is 10.0. The number of aromatic nitrogens is 1. The van der Waals surface area contributed by atoms with E-state index in [9.17, 15) is 0 Å². The van der Waals surface area contributed by atoms with Crippen LogP contribution in [0.2, 0.25) is 0 Å². The predicted octanol–water partition coefficient (Wildman–Crippen LogP) is 13.8. The van der Waals surface area contributed by atoms with Gasteiger partial charge in [0.05, 0.1) is 22.4 Å². The minimum absolute atomic E-state index is 1.17. The van der Waals surface area contributed by atoms with Crippen LogP contribution in [0, 0.1) is 0 Å². The summed E-state index contributed by atoms with van der Waals surface area (Å²) >= 11 is 1.88. The van der Waals surface area contributed by atoms with E-state index in [1.807, 2.05) is 11.8 Å². The minimum atomic E-state index is 1.17. The lowest BCUT2D eigenvalue weighted by Gasteiger charge is -2.34. The molecule has 1 aliphatic rings. The van der Waals surface area contributed by atoms with E-state index >= 15 is 0 Å². The second-order valence-electron chi connectivity index (χ2n) is 13.4. The molecule has 0 spiro atoms. The Bertz CT molecular complexity index is 3010. The maximum Gasteiger partial charge on any atom is 0.0619 e. The lowest BCUT2D eigenvalue weighted by Crippen LogP contribution is -2.15. The summed E-state index contributed by atoms with van der Waals surface area (Å²) < 4.78 is 2.46. The SMILES string of the molecule is c1ccc(N2c3ccc(-c4ccc5c(c4)c4ccc6ccccc6c4n5-c4ccc5ccccc5c4)cc3Sc3c2ccc2ccccc32)cc1. The molecule has 0 bridgehead atoms. The molecule has 2 heterocycles. The van der Waals surface area contributed by atoms with Crippen molar-refractivity contribution in [3.8, 4) is 16.8 Å². The van der Waals surface area contributed by atoms with Crippen LogP contribution in [0.3, 0.4) is 0 Å². The molecule has 11 rings (SSSR count). The highest BCUT2D eigenvalue weighted by molar-refractivity contribution is 8.00. The van der Waals surface area contributed by atoms with E-state index in [2.05, 4.69) is 191 Å². The van der Waals surface area contributed by atoms with Crippen LogP contribution in [0.5, 0.6) is 0 Å². The van der Waals surface area contributed by atoms with Crippen molar-refractivity contribution in [2.45, 2.75) is 9.79 Å². The first kappa shape index (κ1) is 28.5. The number of nitrogens with zero attached hydrogens (tertiary/aromatic N) is 2. The fourth-order valence-corrected chi connectivity index (χ4v) is 9.34. The van der Waals surface area contributed by atoms with Gasteiger partial charge in [-0.05, 0) is 92.7 Å². The molecule has 9 aromatic carbocycles. The molecule has 0 N–H and O–H groups in total. The van der Waals surface area contributed by atoms with E-state index in [4.69, 9.17) is 0 Å². The second-order valence-corrected chi connectivity index (χ2v) is 14.4. The second kappa shape index (κ2) is 11.1. The largest absolute Gasteiger partial charge is 0.309 e. The van der Waals surface area contributed by atoms with Crippen molar-refractivity contribution in [3.63, 3.8) is 0 Å². The third-order valence-corrected chi connectivity index (χ3v) is 11.7. The smallest absolute Gasteiger partial charge is 0.0619 e. The van der Waals surface area contributed by atoms with Crippen LogP contribution in [0.25, 0.3) is 70.9 Å². The number of para-hydroxylation sites is 1. The van der Waals surface area contributed by atoms with Crippen LogP contribution in [-0.4, -0.2) is 4.57 Å². The van der Waals surface area contributed by atoms with Crippen LogP contribution < -0.4 is 4.90 Å². The van der Waals surface area contributed by atoms with Crippen molar-refractivity contribution < 1.29 is 0 Å². The van der Waals surface area contributed by atoms with Gasteiger partial charge in [0, 0.05) is 37.3 Å². The third-order valence-electron chi connectivity index (χ3n) is 10.5. The third kappa shape index (κ3) is 4.38. The van der Waals surface area contributed by atoms with Crippen molar-refractivity contribution in [2.24, 2.45) is 0 Å². The maximum atomic E-state index is 2.46. The fourth-order valence-electron chi connectivity index (χ4n) is 8.11. The number of anilines is 3. The summed E-state index contributed by atoms with van der Waals surface area (Å²) in [7, 11) is 0. The van der Waals surface area contributed by atoms with Gasteiger partial charge >= 0.3 is 0 Å². The molecule has 0 radical (unpaired) electrons. The molecule has 1 aliphatic heterocycles. The zero-order valence-electron chi connectivity index (χ0n) is 27.6. The Morgan fingerprint density at radius 1 is 0.373 bits per heavy atom. The fraction of sp³-hybridized carbons (Fsp3) is 0. The lowest BCUT2D eigenvalue weighted by molar-refractivity contribution is 1.18. The maximum absolute atomic E-state index is 2.46. The van der Waals surface area contributed by atoms with Gasteiger partial charge in [-0.25, -0.2) is 0 Å². The van der Waals surface area contributed by atoms with Crippen molar-refractivity contribution in [1.29, 1.82) is 0 Å². The van der Waals surface area contributed by atoms with Gasteiger partial charge in [-0.1, -0.05) is 139 Å². The Hall–Kier alpha value is -6.29. The monoisotopic (exact) mass is 666 g/mol. The normalized spacial score (nSPS) is 12.6. The van der Waals surface area contributed by atoms with Gasteiger partial charge in [-0.2, -0.15) is 0 Å². The molecule has 10 aromatic rings. The van der Waals surface area contributed by atoms with Gasteiger partial charge in [-0.3, -0.25) is 0 Å². The first-order valence-electron chi connectivity index (χ1n) is 17.4. The predicted molar refractivity (Wildman–Crippen MR) is 218 cm³/mol. The summed E-state index contributed by atoms with van der Waals surface area (Å²) in [5, 5.41) is 10.1. The molecular formula is C48H30N2S. The van der Waals surface area contributed by atoms with Crippen LogP contribution in [0.1, 0.15) is 0 Å². The zero-order chi connectivity index (χ0) is 33.5. The molecule has 3 heteroatoms. The molecule has 0 aliphatic carbocycles. The number of rotatable bonds is 3. The van der Waals surface area contributed by atoms with Crippen molar-refractivity contribution in [3.05, 3.63) is 182 Å². The Balaban J connectivity index is 1.12. The highest BCUT2D eigenvalue weighted by Crippen LogP contribution is 2.54. The molecular weight excluding hydrogens is 637 g/mol. The van der Waals surface area contributed by atoms with E-state index < -0.39 is 0 Å². The number of benzene rings is 9. The minimum Gasteiger partial charge on any atom is -0.309 e. The topological polar surface area (TPSA) is 8.17 Å². The standard InChI is InChI=1S/C48H30N2S/c1-2-14-37(15-3-1)49-44-26-22-36(30-46(44)51-48-40-17-9-7-12-33(40)20-27-45(48)49)35-21-25-43-42(29-35)41-24-19-32-11-6-8-16-39(32)47(41)50(43)38-23-18-31-10-4-5-13-34(31)28-38/h1-30H. The summed E-state index contributed by atoms with van der Waals surface area (Å²) in [6.07, 6.45) is 0. The molecule has 0 amide bonds. The van der Waals surface area contributed by atoms with Crippen LogP contribution in [0.4, 0.5) is 17.1 Å². The summed E-state index contributed by atoms with van der Waals surface area (Å²) in [6.45, 7) is 0. The van der Waals surface area contributed by atoms with E-state index in [1.54, 1.807) is 0 Å². The van der Waals surface area contributed by atoms with Crippen molar-refractivity contribution in [1.82, 2.24) is 4.57 Å². The van der Waals surface area contributed by atoms with E-state index in [1.165, 1.54) is 97.8 Å². The quantitative estimate of drug-likeness (QED) is 0.185. The van der Waals surface area contributed by atoms with Gasteiger partial charge in [0.2, 0.25) is 0 Å². The first-order chi connectivity index (χ1) is 25.3. The molecule has 0 saturated carbocycles. The summed E-state index contributed by atoms with van der Waals surface area (Å²) in [6, 6.07) is 66.8. The summed E-state index contributed by atoms with van der Waals surface area (Å²) in [4.78, 5) is 4.97. The zero-order valence-corrected chi connectivity index (χ0v) is 28.4. The van der Waals surface area contributed by atoms with Gasteiger partial charge in [0.1, 0.15) is 0 Å². The molecule has 0 unspecified atom stereocenters. The number of fused-ring (bicyclic) bond motifs is 10. The van der Waals surface area contributed by atoms with E-state index in [-0.39, 0.29) is 0 Å². The van der Waals surface area contributed by atoms with Crippen molar-refractivity contribution in [2.75, 3.05) is 4.90 Å². The van der Waals surface area contributed by atoms with Crippen molar-refractivity contribution >= 4 is 82.9 Å². The average molecular weight is 667 g/mol. The Morgan fingerprint density at radius 3 is 1.88 bits per heavy atom. The van der Waals surface area contributed by atoms with E-state index in [0.717, 1.165) is 0 Å². The highest BCUT2D eigenvalue weighted by atomic mass is 32.2. The molecule has 2 nitrogen and oxygen atoms in total. The van der Waals surface area contributed by atoms with Gasteiger partial charge < -0.3 is 9.47 Å². The van der Waals surface area contributed by atoms with Gasteiger partial charge in [-0.15, -0.1) is 0 Å². The molecule has 238 valence electrons. The number of hydrogen-bond donors (Lipinski definition) is 0. The Kier molecular flexibility index (Phi) is 6.22. The van der Waals surface area contributed by atoms with Gasteiger partial charge in [0.15, 0.2) is 0 Å². The summed E-state index contributed by atoms with van der Waals surface area (Å²) in [5.74, 6) is 0. The molecule has 51 heavy (non-hydrogen) atoms. The van der Waals surface area contributed by atoms with E-state index in [0.29, 0.717) is 0 Å². The summed E-state index contributed by atoms with van der Waals surface area (Å²) in [5.41, 5.74) is 9.66. The molecule has 0 fully saturated rings. The Morgan fingerprint density at radius 2 is 1.02 bits per heavy atom. The first-order valence-corrected chi connectivity index (χ1v) is 18.2. The average Bonchev–Trinajstić information content (AvgIpc) is 3.54. The highest BCUT2D eigenvalue weighted by Gasteiger charge is 2.27. The molecule has 0 saturated heterocycles.